The number of hydrogen-bond donors (Lipinski definition) is 1. The number of rotatable bonds is 5. The van der Waals surface area contributed by atoms with Crippen molar-refractivity contribution in [2.75, 3.05) is 0 Å². The Morgan fingerprint density at radius 2 is 2.00 bits per heavy atom. The van der Waals surface area contributed by atoms with Crippen LogP contribution in [0.15, 0.2) is 49.6 Å². The van der Waals surface area contributed by atoms with Gasteiger partial charge >= 0.3 is 0 Å². The van der Waals surface area contributed by atoms with Crippen LogP contribution in [-0.2, 0) is 0 Å². The van der Waals surface area contributed by atoms with Gasteiger partial charge in [-0.15, -0.1) is 13.2 Å². The van der Waals surface area contributed by atoms with Crippen LogP contribution in [0.25, 0.3) is 0 Å². The predicted octanol–water partition coefficient (Wildman–Crippen LogP) is 1.96. The summed E-state index contributed by atoms with van der Waals surface area (Å²) in [5.74, 6) is 0. The Balaban J connectivity index is 2.64. The molecule has 0 aliphatic carbocycles. The van der Waals surface area contributed by atoms with Gasteiger partial charge in [-0.3, -0.25) is 0 Å². The summed E-state index contributed by atoms with van der Waals surface area (Å²) in [4.78, 5) is 0. The molecule has 0 fully saturated rings. The maximum absolute atomic E-state index is 3.84. The van der Waals surface area contributed by atoms with E-state index in [4.69, 9.17) is 0 Å². The van der Waals surface area contributed by atoms with Gasteiger partial charge in [0.15, 0.2) is 0 Å². The Hall–Kier alpha value is -1.08. The van der Waals surface area contributed by atoms with Gasteiger partial charge in [0.1, 0.15) is 6.04 Å². The largest absolute Gasteiger partial charge is 0.337 e. The number of nitrogens with two attached hydrogens (primary N) is 1. The first-order chi connectivity index (χ1) is 6.80. The van der Waals surface area contributed by atoms with Crippen molar-refractivity contribution < 1.29 is 5.32 Å². The third-order valence-corrected chi connectivity index (χ3v) is 2.62. The highest BCUT2D eigenvalue weighted by Crippen LogP contribution is 2.13. The minimum Gasteiger partial charge on any atom is -0.337 e. The van der Waals surface area contributed by atoms with E-state index in [1.165, 1.54) is 5.57 Å². The Morgan fingerprint density at radius 1 is 1.29 bits per heavy atom. The zero-order valence-electron chi connectivity index (χ0n) is 8.78. The highest BCUT2D eigenvalue weighted by atomic mass is 15.0. The van der Waals surface area contributed by atoms with Gasteiger partial charge in [-0.2, -0.15) is 0 Å². The normalized spacial score (nSPS) is 26.4. The average molecular weight is 190 g/mol. The van der Waals surface area contributed by atoms with E-state index in [1.54, 1.807) is 0 Å². The lowest BCUT2D eigenvalue weighted by Crippen LogP contribution is -2.95. The lowest BCUT2D eigenvalue weighted by Gasteiger charge is -2.24. The summed E-state index contributed by atoms with van der Waals surface area (Å²) < 4.78 is 0. The second-order valence-electron chi connectivity index (χ2n) is 3.81. The number of quaternary nitrogens is 1. The fraction of sp³-hybridized carbons (Fsp3) is 0.385. The van der Waals surface area contributed by atoms with Crippen LogP contribution >= 0.6 is 0 Å². The minimum absolute atomic E-state index is 0.541. The topological polar surface area (TPSA) is 16.6 Å². The van der Waals surface area contributed by atoms with Crippen molar-refractivity contribution in [3.05, 3.63) is 49.6 Å². The van der Waals surface area contributed by atoms with Crippen LogP contribution in [0.3, 0.4) is 0 Å². The average Bonchev–Trinajstić information content (AvgIpc) is 2.18. The summed E-state index contributed by atoms with van der Waals surface area (Å²) in [5, 5.41) is 2.41. The molecule has 0 bridgehead atoms. The first kappa shape index (κ1) is 11.0. The van der Waals surface area contributed by atoms with Crippen molar-refractivity contribution in [3.8, 4) is 0 Å². The van der Waals surface area contributed by atoms with Gasteiger partial charge in [0, 0.05) is 19.3 Å². The molecule has 2 atom stereocenters. The first-order valence-corrected chi connectivity index (χ1v) is 5.20. The van der Waals surface area contributed by atoms with Gasteiger partial charge in [-0.25, -0.2) is 0 Å². The maximum Gasteiger partial charge on any atom is 0.109 e. The summed E-state index contributed by atoms with van der Waals surface area (Å²) >= 11 is 0. The van der Waals surface area contributed by atoms with E-state index in [-0.39, 0.29) is 0 Å². The van der Waals surface area contributed by atoms with Crippen LogP contribution in [0.4, 0.5) is 0 Å². The molecule has 0 aromatic rings. The maximum atomic E-state index is 3.84. The molecule has 0 amide bonds. The van der Waals surface area contributed by atoms with E-state index in [0.717, 1.165) is 19.3 Å². The standard InChI is InChI=1S/C13H19N/c1-4-7-12-9-11(6-3)10-13(14-12)8-5-2/h4-6,9,12-14H,1-3,7-8,10H2/p+1/t12-,13+/m1/s1. The lowest BCUT2D eigenvalue weighted by atomic mass is 9.94. The van der Waals surface area contributed by atoms with Crippen molar-refractivity contribution in [2.24, 2.45) is 0 Å². The minimum atomic E-state index is 0.541. The smallest absolute Gasteiger partial charge is 0.109 e. The Morgan fingerprint density at radius 3 is 2.57 bits per heavy atom. The van der Waals surface area contributed by atoms with Gasteiger partial charge in [-0.05, 0) is 11.6 Å². The molecule has 1 rings (SSSR count). The van der Waals surface area contributed by atoms with Crippen LogP contribution < -0.4 is 5.32 Å². The molecule has 0 saturated carbocycles. The fourth-order valence-corrected chi connectivity index (χ4v) is 1.99. The molecule has 0 spiro atoms. The van der Waals surface area contributed by atoms with Crippen LogP contribution in [0.2, 0.25) is 0 Å². The second kappa shape index (κ2) is 5.61. The van der Waals surface area contributed by atoms with E-state index in [9.17, 15) is 0 Å². The van der Waals surface area contributed by atoms with Crippen LogP contribution in [0.1, 0.15) is 19.3 Å². The molecule has 76 valence electrons. The van der Waals surface area contributed by atoms with Crippen molar-refractivity contribution in [1.82, 2.24) is 0 Å². The van der Waals surface area contributed by atoms with Crippen LogP contribution in [-0.4, -0.2) is 12.1 Å². The van der Waals surface area contributed by atoms with Crippen LogP contribution in [0, 0.1) is 0 Å². The number of hydrogen-bond acceptors (Lipinski definition) is 0. The summed E-state index contributed by atoms with van der Waals surface area (Å²) in [5.41, 5.74) is 1.37. The van der Waals surface area contributed by atoms with E-state index < -0.39 is 0 Å². The van der Waals surface area contributed by atoms with Crippen LogP contribution in [0.5, 0.6) is 0 Å². The Bertz CT molecular complexity index is 250. The van der Waals surface area contributed by atoms with E-state index in [1.807, 2.05) is 18.2 Å². The molecule has 1 nitrogen and oxygen atoms in total. The summed E-state index contributed by atoms with van der Waals surface area (Å²) in [6.07, 6.45) is 11.5. The lowest BCUT2D eigenvalue weighted by molar-refractivity contribution is -0.713. The molecule has 1 heterocycles. The fourth-order valence-electron chi connectivity index (χ4n) is 1.99. The van der Waals surface area contributed by atoms with E-state index in [2.05, 4.69) is 31.1 Å². The molecule has 2 N–H and O–H groups in total. The third kappa shape index (κ3) is 3.00. The zero-order valence-corrected chi connectivity index (χ0v) is 8.78. The monoisotopic (exact) mass is 190 g/mol. The molecular formula is C13H20N+. The van der Waals surface area contributed by atoms with Gasteiger partial charge in [-0.1, -0.05) is 24.8 Å². The van der Waals surface area contributed by atoms with Crippen molar-refractivity contribution in [3.63, 3.8) is 0 Å². The first-order valence-electron chi connectivity index (χ1n) is 5.20. The molecule has 0 saturated heterocycles. The summed E-state index contributed by atoms with van der Waals surface area (Å²) in [7, 11) is 0. The molecular weight excluding hydrogens is 170 g/mol. The van der Waals surface area contributed by atoms with Gasteiger partial charge < -0.3 is 5.32 Å². The van der Waals surface area contributed by atoms with Gasteiger partial charge in [0.05, 0.1) is 6.04 Å². The summed E-state index contributed by atoms with van der Waals surface area (Å²) in [6.45, 7) is 11.4. The molecule has 1 aliphatic rings. The van der Waals surface area contributed by atoms with Crippen molar-refractivity contribution in [1.29, 1.82) is 0 Å². The van der Waals surface area contributed by atoms with Gasteiger partial charge in [0.25, 0.3) is 0 Å². The van der Waals surface area contributed by atoms with Crippen molar-refractivity contribution in [2.45, 2.75) is 31.3 Å². The highest BCUT2D eigenvalue weighted by molar-refractivity contribution is 5.20. The molecule has 0 aromatic carbocycles. The third-order valence-electron chi connectivity index (χ3n) is 2.62. The molecule has 0 unspecified atom stereocenters. The molecule has 0 radical (unpaired) electrons. The van der Waals surface area contributed by atoms with Crippen molar-refractivity contribution >= 4 is 0 Å². The summed E-state index contributed by atoms with van der Waals surface area (Å²) in [6, 6.07) is 1.18. The molecule has 14 heavy (non-hydrogen) atoms. The quantitative estimate of drug-likeness (QED) is 0.638. The predicted molar refractivity (Wildman–Crippen MR) is 62.0 cm³/mol. The molecule has 0 aromatic heterocycles. The molecule has 1 heteroatoms. The van der Waals surface area contributed by atoms with E-state index in [0.29, 0.717) is 12.1 Å². The van der Waals surface area contributed by atoms with Gasteiger partial charge in [0.2, 0.25) is 0 Å². The highest BCUT2D eigenvalue weighted by Gasteiger charge is 2.21. The second-order valence-corrected chi connectivity index (χ2v) is 3.81. The zero-order chi connectivity index (χ0) is 10.4. The Labute approximate surface area is 86.9 Å². The number of allylic oxidation sites excluding steroid dienone is 1. The SMILES string of the molecule is C=CC[C@H]1CC(C=C)=C[C@@H](CC=C)[NH2+]1. The Kier molecular flexibility index (Phi) is 4.41. The van der Waals surface area contributed by atoms with E-state index >= 15 is 0 Å². The molecule has 1 aliphatic heterocycles.